The molecule has 0 atom stereocenters. The number of likely N-dealkylation sites (tertiary alicyclic amines) is 1. The first-order valence-corrected chi connectivity index (χ1v) is 11.5. The van der Waals surface area contributed by atoms with E-state index in [1.54, 1.807) is 0 Å². The highest BCUT2D eigenvalue weighted by atomic mass is 127. The molecule has 1 aliphatic heterocycles. The van der Waals surface area contributed by atoms with Crippen molar-refractivity contribution >= 4 is 46.7 Å². The Hall–Kier alpha value is -1.77. The van der Waals surface area contributed by atoms with Crippen LogP contribution < -0.4 is 10.6 Å². The predicted molar refractivity (Wildman–Crippen MR) is 140 cm³/mol. The van der Waals surface area contributed by atoms with Gasteiger partial charge in [0.05, 0.1) is 0 Å². The summed E-state index contributed by atoms with van der Waals surface area (Å²) < 4.78 is 0. The van der Waals surface area contributed by atoms with Crippen LogP contribution in [0, 0.1) is 5.92 Å². The van der Waals surface area contributed by atoms with E-state index < -0.39 is 0 Å². The zero-order valence-electron chi connectivity index (χ0n) is 19.1. The number of nitrogens with one attached hydrogen (secondary N) is 3. The molecule has 3 rings (SSSR count). The van der Waals surface area contributed by atoms with Gasteiger partial charge in [0.2, 0.25) is 5.91 Å². The third-order valence-electron chi connectivity index (χ3n) is 6.30. The van der Waals surface area contributed by atoms with Gasteiger partial charge in [-0.1, -0.05) is 32.0 Å². The highest BCUT2D eigenvalue weighted by Gasteiger charge is 2.26. The van der Waals surface area contributed by atoms with Crippen LogP contribution in [0.5, 0.6) is 0 Å². The molecule has 172 valence electrons. The third-order valence-corrected chi connectivity index (χ3v) is 6.30. The van der Waals surface area contributed by atoms with Gasteiger partial charge in [0, 0.05) is 55.7 Å². The van der Waals surface area contributed by atoms with Crippen LogP contribution in [0.25, 0.3) is 10.9 Å². The number of guanidine groups is 1. The van der Waals surface area contributed by atoms with Crippen LogP contribution in [-0.4, -0.2) is 54.5 Å². The molecule has 1 aromatic carbocycles. The number of halogens is 1. The standard InChI is InChI=1S/C24H37N5O.HI/c1-4-18(5-2)23(30)29-15-12-20(13-16-29)28-24(25-3)26-14-8-9-19-17-27-22-11-7-6-10-21(19)22;/h6-7,10-11,17-18,20,27H,4-5,8-9,12-16H2,1-3H3,(H2,25,26,28);1H. The summed E-state index contributed by atoms with van der Waals surface area (Å²) in [6, 6.07) is 8.82. The number of fused-ring (bicyclic) bond motifs is 1. The quantitative estimate of drug-likeness (QED) is 0.203. The van der Waals surface area contributed by atoms with E-state index in [0.717, 1.165) is 64.1 Å². The van der Waals surface area contributed by atoms with Crippen LogP contribution in [0.2, 0.25) is 0 Å². The Morgan fingerprint density at radius 2 is 1.94 bits per heavy atom. The third kappa shape index (κ3) is 6.85. The summed E-state index contributed by atoms with van der Waals surface area (Å²) in [5, 5.41) is 8.30. The molecule has 0 aliphatic carbocycles. The van der Waals surface area contributed by atoms with E-state index in [-0.39, 0.29) is 29.9 Å². The largest absolute Gasteiger partial charge is 0.361 e. The maximum absolute atomic E-state index is 12.6. The molecular formula is C24H38IN5O. The molecule has 0 spiro atoms. The lowest BCUT2D eigenvalue weighted by molar-refractivity contribution is -0.136. The van der Waals surface area contributed by atoms with Gasteiger partial charge >= 0.3 is 0 Å². The lowest BCUT2D eigenvalue weighted by Crippen LogP contribution is -2.50. The Morgan fingerprint density at radius 3 is 2.61 bits per heavy atom. The van der Waals surface area contributed by atoms with Crippen LogP contribution in [0.4, 0.5) is 0 Å². The van der Waals surface area contributed by atoms with E-state index in [1.165, 1.54) is 16.5 Å². The number of nitrogens with zero attached hydrogens (tertiary/aromatic N) is 2. The Morgan fingerprint density at radius 1 is 1.23 bits per heavy atom. The summed E-state index contributed by atoms with van der Waals surface area (Å²) in [6.07, 6.45) is 8.01. The van der Waals surface area contributed by atoms with Crippen LogP contribution in [-0.2, 0) is 11.2 Å². The number of aryl methyl sites for hydroxylation is 1. The van der Waals surface area contributed by atoms with Gasteiger partial charge in [0.15, 0.2) is 5.96 Å². The van der Waals surface area contributed by atoms with Gasteiger partial charge in [-0.3, -0.25) is 9.79 Å². The van der Waals surface area contributed by atoms with Crippen molar-refractivity contribution in [3.05, 3.63) is 36.0 Å². The first kappa shape index (κ1) is 25.5. The Labute approximate surface area is 203 Å². The molecule has 7 heteroatoms. The number of aromatic amines is 1. The van der Waals surface area contributed by atoms with Crippen molar-refractivity contribution in [1.29, 1.82) is 0 Å². The molecular weight excluding hydrogens is 501 g/mol. The minimum absolute atomic E-state index is 0. The molecule has 31 heavy (non-hydrogen) atoms. The summed E-state index contributed by atoms with van der Waals surface area (Å²) >= 11 is 0. The number of piperidine rings is 1. The van der Waals surface area contributed by atoms with Gasteiger partial charge in [0.25, 0.3) is 0 Å². The number of amides is 1. The molecule has 1 saturated heterocycles. The van der Waals surface area contributed by atoms with Gasteiger partial charge in [-0.2, -0.15) is 0 Å². The molecule has 6 nitrogen and oxygen atoms in total. The molecule has 0 unspecified atom stereocenters. The lowest BCUT2D eigenvalue weighted by atomic mass is 9.98. The minimum Gasteiger partial charge on any atom is -0.361 e. The summed E-state index contributed by atoms with van der Waals surface area (Å²) in [5.41, 5.74) is 2.57. The Kier molecular flexibility index (Phi) is 10.6. The summed E-state index contributed by atoms with van der Waals surface area (Å²) in [4.78, 5) is 22.3. The number of benzene rings is 1. The molecule has 2 heterocycles. The van der Waals surface area contributed by atoms with Crippen molar-refractivity contribution in [2.45, 2.75) is 58.4 Å². The van der Waals surface area contributed by atoms with Crippen molar-refractivity contribution in [3.8, 4) is 0 Å². The lowest BCUT2D eigenvalue weighted by Gasteiger charge is -2.34. The summed E-state index contributed by atoms with van der Waals surface area (Å²) in [6.45, 7) is 6.77. The van der Waals surface area contributed by atoms with Crippen molar-refractivity contribution in [2.24, 2.45) is 10.9 Å². The second-order valence-electron chi connectivity index (χ2n) is 8.22. The Bertz CT molecular complexity index is 837. The van der Waals surface area contributed by atoms with E-state index in [0.29, 0.717) is 11.9 Å². The second kappa shape index (κ2) is 12.9. The van der Waals surface area contributed by atoms with E-state index >= 15 is 0 Å². The SMILES string of the molecule is CCC(CC)C(=O)N1CCC(NC(=NC)NCCCc2c[nH]c3ccccc23)CC1.I. The molecule has 1 fully saturated rings. The summed E-state index contributed by atoms with van der Waals surface area (Å²) in [7, 11) is 1.82. The number of para-hydroxylation sites is 1. The number of rotatable bonds is 8. The van der Waals surface area contributed by atoms with Crippen LogP contribution in [0.15, 0.2) is 35.5 Å². The minimum atomic E-state index is 0. The normalized spacial score (nSPS) is 15.2. The number of carbonyl (C=O) groups is 1. The zero-order chi connectivity index (χ0) is 21.3. The van der Waals surface area contributed by atoms with Crippen molar-refractivity contribution in [1.82, 2.24) is 20.5 Å². The van der Waals surface area contributed by atoms with Crippen LogP contribution in [0.1, 0.15) is 51.5 Å². The van der Waals surface area contributed by atoms with E-state index in [1.807, 2.05) is 11.9 Å². The smallest absolute Gasteiger partial charge is 0.225 e. The topological polar surface area (TPSA) is 72.5 Å². The zero-order valence-corrected chi connectivity index (χ0v) is 21.4. The number of aliphatic imine (C=N–C) groups is 1. The highest BCUT2D eigenvalue weighted by Crippen LogP contribution is 2.19. The van der Waals surface area contributed by atoms with E-state index in [2.05, 4.69) is 64.9 Å². The maximum atomic E-state index is 12.6. The molecule has 0 saturated carbocycles. The monoisotopic (exact) mass is 539 g/mol. The van der Waals surface area contributed by atoms with Crippen LogP contribution >= 0.6 is 24.0 Å². The van der Waals surface area contributed by atoms with E-state index in [9.17, 15) is 4.79 Å². The van der Waals surface area contributed by atoms with Crippen molar-refractivity contribution < 1.29 is 4.79 Å². The highest BCUT2D eigenvalue weighted by molar-refractivity contribution is 14.0. The number of aromatic nitrogens is 1. The molecule has 3 N–H and O–H groups in total. The van der Waals surface area contributed by atoms with Gasteiger partial charge < -0.3 is 20.5 Å². The number of carbonyl (C=O) groups excluding carboxylic acids is 1. The van der Waals surface area contributed by atoms with Gasteiger partial charge in [0.1, 0.15) is 0 Å². The molecule has 0 bridgehead atoms. The molecule has 1 aromatic heterocycles. The second-order valence-corrected chi connectivity index (χ2v) is 8.22. The average Bonchev–Trinajstić information content (AvgIpc) is 3.20. The molecule has 1 aliphatic rings. The fourth-order valence-corrected chi connectivity index (χ4v) is 4.35. The molecule has 1 amide bonds. The first-order chi connectivity index (χ1) is 14.7. The predicted octanol–water partition coefficient (Wildman–Crippen LogP) is 4.31. The molecule has 2 aromatic rings. The van der Waals surface area contributed by atoms with Gasteiger partial charge in [-0.05, 0) is 50.2 Å². The van der Waals surface area contributed by atoms with E-state index in [4.69, 9.17) is 0 Å². The summed E-state index contributed by atoms with van der Waals surface area (Å²) in [5.74, 6) is 1.37. The number of hydrogen-bond donors (Lipinski definition) is 3. The van der Waals surface area contributed by atoms with Gasteiger partial charge in [-0.25, -0.2) is 0 Å². The van der Waals surface area contributed by atoms with Crippen molar-refractivity contribution in [2.75, 3.05) is 26.7 Å². The molecule has 0 radical (unpaired) electrons. The number of H-pyrrole nitrogens is 1. The Balaban J connectivity index is 0.00000341. The fourth-order valence-electron chi connectivity index (χ4n) is 4.35. The maximum Gasteiger partial charge on any atom is 0.225 e. The van der Waals surface area contributed by atoms with Crippen LogP contribution in [0.3, 0.4) is 0 Å². The number of hydrogen-bond acceptors (Lipinski definition) is 2. The fraction of sp³-hybridized carbons (Fsp3) is 0.583. The van der Waals surface area contributed by atoms with Gasteiger partial charge in [-0.15, -0.1) is 24.0 Å². The average molecular weight is 540 g/mol. The first-order valence-electron chi connectivity index (χ1n) is 11.5. The van der Waals surface area contributed by atoms with Crippen molar-refractivity contribution in [3.63, 3.8) is 0 Å².